The van der Waals surface area contributed by atoms with E-state index < -0.39 is 8.07 Å². The van der Waals surface area contributed by atoms with Gasteiger partial charge in [0.2, 0.25) is 0 Å². The number of nitrogens with zero attached hydrogens (tertiary/aromatic N) is 1. The van der Waals surface area contributed by atoms with E-state index in [1.807, 2.05) is 0 Å². The molecule has 118 valence electrons. The van der Waals surface area contributed by atoms with Gasteiger partial charge in [-0.1, -0.05) is 55.5 Å². The summed E-state index contributed by atoms with van der Waals surface area (Å²) in [5.74, 6) is 0. The van der Waals surface area contributed by atoms with Crippen LogP contribution in [0.2, 0.25) is 19.6 Å². The van der Waals surface area contributed by atoms with Crippen LogP contribution in [0.3, 0.4) is 0 Å². The van der Waals surface area contributed by atoms with Crippen LogP contribution >= 0.6 is 0 Å². The molecule has 1 N–H and O–H groups in total. The van der Waals surface area contributed by atoms with Crippen molar-refractivity contribution in [1.29, 1.82) is 0 Å². The van der Waals surface area contributed by atoms with E-state index in [9.17, 15) is 0 Å². The second kappa shape index (κ2) is 7.57. The van der Waals surface area contributed by atoms with Crippen LogP contribution in [-0.4, -0.2) is 39.2 Å². The normalized spacial score (nSPS) is 20.7. The van der Waals surface area contributed by atoms with Crippen molar-refractivity contribution in [3.63, 3.8) is 0 Å². The van der Waals surface area contributed by atoms with Crippen LogP contribution in [0.25, 0.3) is 0 Å². The topological polar surface area (TPSA) is 15.3 Å². The monoisotopic (exact) mass is 304 g/mol. The lowest BCUT2D eigenvalue weighted by Gasteiger charge is -2.36. The van der Waals surface area contributed by atoms with Crippen LogP contribution in [0.15, 0.2) is 24.3 Å². The Morgan fingerprint density at radius 1 is 1.14 bits per heavy atom. The Hall–Kier alpha value is -0.643. The summed E-state index contributed by atoms with van der Waals surface area (Å²) >= 11 is 0. The van der Waals surface area contributed by atoms with E-state index in [4.69, 9.17) is 0 Å². The van der Waals surface area contributed by atoms with Crippen LogP contribution in [0.1, 0.15) is 31.2 Å². The van der Waals surface area contributed by atoms with Gasteiger partial charge in [0.25, 0.3) is 0 Å². The molecule has 1 aliphatic rings. The largest absolute Gasteiger partial charge is 0.320 e. The van der Waals surface area contributed by atoms with Gasteiger partial charge in [0.15, 0.2) is 0 Å². The molecule has 0 radical (unpaired) electrons. The van der Waals surface area contributed by atoms with Gasteiger partial charge in [0.1, 0.15) is 0 Å². The van der Waals surface area contributed by atoms with Crippen LogP contribution in [0.4, 0.5) is 0 Å². The quantitative estimate of drug-likeness (QED) is 0.812. The van der Waals surface area contributed by atoms with Crippen molar-refractivity contribution < 1.29 is 0 Å². The molecule has 2 rings (SSSR count). The van der Waals surface area contributed by atoms with Gasteiger partial charge in [0.05, 0.1) is 8.07 Å². The maximum Gasteiger partial charge on any atom is 0.0775 e. The minimum Gasteiger partial charge on any atom is -0.320 e. The molecule has 3 heteroatoms. The lowest BCUT2D eigenvalue weighted by Crippen LogP contribution is -2.40. The van der Waals surface area contributed by atoms with E-state index in [0.717, 1.165) is 19.1 Å². The number of benzene rings is 1. The number of likely N-dealkylation sites (tertiary alicyclic amines) is 1. The maximum absolute atomic E-state index is 3.30. The van der Waals surface area contributed by atoms with Crippen molar-refractivity contribution in [3.8, 4) is 0 Å². The molecule has 1 aliphatic heterocycles. The van der Waals surface area contributed by atoms with Crippen LogP contribution < -0.4 is 10.5 Å². The standard InChI is InChI=1S/C18H32N2Si/c1-19-13-12-17-7-5-6-14-20(17)15-16-8-10-18(11-9-16)21(2,3)4/h8-11,17,19H,5-7,12-15H2,1-4H3. The fraction of sp³-hybridized carbons (Fsp3) is 0.667. The van der Waals surface area contributed by atoms with Crippen LogP contribution in [0, 0.1) is 0 Å². The van der Waals surface area contributed by atoms with Crippen molar-refractivity contribution in [2.45, 2.75) is 57.9 Å². The van der Waals surface area contributed by atoms with E-state index in [0.29, 0.717) is 0 Å². The van der Waals surface area contributed by atoms with Gasteiger partial charge >= 0.3 is 0 Å². The van der Waals surface area contributed by atoms with E-state index >= 15 is 0 Å². The van der Waals surface area contributed by atoms with E-state index in [1.165, 1.54) is 37.8 Å². The molecule has 0 saturated carbocycles. The zero-order valence-corrected chi connectivity index (χ0v) is 15.3. The summed E-state index contributed by atoms with van der Waals surface area (Å²) in [5, 5.41) is 4.87. The second-order valence-electron chi connectivity index (χ2n) is 7.46. The molecule has 0 amide bonds. The summed E-state index contributed by atoms with van der Waals surface area (Å²) in [4.78, 5) is 2.70. The molecular weight excluding hydrogens is 272 g/mol. The Morgan fingerprint density at radius 3 is 2.48 bits per heavy atom. The lowest BCUT2D eigenvalue weighted by atomic mass is 9.98. The highest BCUT2D eigenvalue weighted by Gasteiger charge is 2.22. The highest BCUT2D eigenvalue weighted by Crippen LogP contribution is 2.21. The Kier molecular flexibility index (Phi) is 6.03. The lowest BCUT2D eigenvalue weighted by molar-refractivity contribution is 0.132. The molecule has 1 unspecified atom stereocenters. The van der Waals surface area contributed by atoms with Gasteiger partial charge in [-0.2, -0.15) is 0 Å². The molecule has 0 spiro atoms. The number of rotatable bonds is 6. The van der Waals surface area contributed by atoms with Crippen molar-refractivity contribution in [2.24, 2.45) is 0 Å². The molecule has 1 heterocycles. The molecule has 1 aromatic carbocycles. The smallest absolute Gasteiger partial charge is 0.0775 e. The average molecular weight is 305 g/mol. The first-order valence-corrected chi connectivity index (χ1v) is 12.0. The first-order chi connectivity index (χ1) is 10.0. The van der Waals surface area contributed by atoms with Crippen LogP contribution in [-0.2, 0) is 6.54 Å². The summed E-state index contributed by atoms with van der Waals surface area (Å²) < 4.78 is 0. The Bertz CT molecular complexity index is 422. The van der Waals surface area contributed by atoms with Gasteiger partial charge in [0, 0.05) is 12.6 Å². The Labute approximate surface area is 131 Å². The third-order valence-electron chi connectivity index (χ3n) is 4.68. The molecule has 0 bridgehead atoms. The van der Waals surface area contributed by atoms with Gasteiger partial charge in [-0.15, -0.1) is 0 Å². The summed E-state index contributed by atoms with van der Waals surface area (Å²) in [6, 6.07) is 10.2. The van der Waals surface area contributed by atoms with Crippen molar-refractivity contribution in [2.75, 3.05) is 20.1 Å². The second-order valence-corrected chi connectivity index (χ2v) is 12.5. The maximum atomic E-state index is 3.30. The number of piperidine rings is 1. The summed E-state index contributed by atoms with van der Waals surface area (Å²) in [6.07, 6.45) is 5.42. The molecule has 2 nitrogen and oxygen atoms in total. The molecule has 1 aromatic rings. The molecule has 1 fully saturated rings. The average Bonchev–Trinajstić information content (AvgIpc) is 2.46. The summed E-state index contributed by atoms with van der Waals surface area (Å²) in [7, 11) is 0.896. The highest BCUT2D eigenvalue weighted by molar-refractivity contribution is 6.88. The Balaban J connectivity index is 1.98. The van der Waals surface area contributed by atoms with Gasteiger partial charge in [-0.05, 0) is 45.0 Å². The predicted octanol–water partition coefficient (Wildman–Crippen LogP) is 3.20. The summed E-state index contributed by atoms with van der Waals surface area (Å²) in [6.45, 7) is 10.8. The van der Waals surface area contributed by atoms with Gasteiger partial charge in [-0.3, -0.25) is 4.90 Å². The zero-order chi connectivity index (χ0) is 15.3. The number of hydrogen-bond acceptors (Lipinski definition) is 2. The van der Waals surface area contributed by atoms with Crippen molar-refractivity contribution >= 4 is 13.3 Å². The fourth-order valence-corrected chi connectivity index (χ4v) is 4.42. The first kappa shape index (κ1) is 16.7. The van der Waals surface area contributed by atoms with Crippen LogP contribution in [0.5, 0.6) is 0 Å². The number of nitrogens with one attached hydrogen (secondary N) is 1. The molecule has 1 saturated heterocycles. The molecule has 21 heavy (non-hydrogen) atoms. The third-order valence-corrected chi connectivity index (χ3v) is 6.75. The van der Waals surface area contributed by atoms with Gasteiger partial charge in [-0.25, -0.2) is 0 Å². The molecule has 0 aromatic heterocycles. The third kappa shape index (κ3) is 4.94. The zero-order valence-electron chi connectivity index (χ0n) is 14.3. The van der Waals surface area contributed by atoms with Crippen molar-refractivity contribution in [1.82, 2.24) is 10.2 Å². The number of hydrogen-bond donors (Lipinski definition) is 1. The highest BCUT2D eigenvalue weighted by atomic mass is 28.3. The minimum atomic E-state index is -1.16. The molecular formula is C18H32N2Si. The molecule has 0 aliphatic carbocycles. The minimum absolute atomic E-state index is 0.767. The summed E-state index contributed by atoms with van der Waals surface area (Å²) in [5.41, 5.74) is 1.48. The SMILES string of the molecule is CNCCC1CCCCN1Cc1ccc([Si](C)(C)C)cc1. The molecule has 1 atom stereocenters. The van der Waals surface area contributed by atoms with E-state index in [1.54, 1.807) is 5.19 Å². The predicted molar refractivity (Wildman–Crippen MR) is 96.0 cm³/mol. The van der Waals surface area contributed by atoms with E-state index in [2.05, 4.69) is 61.2 Å². The van der Waals surface area contributed by atoms with Crippen molar-refractivity contribution in [3.05, 3.63) is 29.8 Å². The fourth-order valence-electron chi connectivity index (χ4n) is 3.25. The Morgan fingerprint density at radius 2 is 1.86 bits per heavy atom. The van der Waals surface area contributed by atoms with E-state index in [-0.39, 0.29) is 0 Å². The first-order valence-electron chi connectivity index (χ1n) is 8.49. The van der Waals surface area contributed by atoms with Gasteiger partial charge < -0.3 is 5.32 Å².